The minimum absolute atomic E-state index is 0.00188. The van der Waals surface area contributed by atoms with Crippen LogP contribution < -0.4 is 9.47 Å². The highest BCUT2D eigenvalue weighted by Crippen LogP contribution is 2.36. The van der Waals surface area contributed by atoms with Gasteiger partial charge >= 0.3 is 0 Å². The number of unbranched alkanes of at least 4 members (excludes halogenated alkanes) is 2. The lowest BCUT2D eigenvalue weighted by Gasteiger charge is -2.21. The van der Waals surface area contributed by atoms with E-state index in [4.69, 9.17) is 9.47 Å². The predicted molar refractivity (Wildman–Crippen MR) is 128 cm³/mol. The van der Waals surface area contributed by atoms with Crippen molar-refractivity contribution in [3.05, 3.63) is 64.7 Å². The van der Waals surface area contributed by atoms with Gasteiger partial charge in [0.2, 0.25) is 0 Å². The topological polar surface area (TPSA) is 59.0 Å². The zero-order valence-corrected chi connectivity index (χ0v) is 19.6. The average Bonchev–Trinajstić information content (AvgIpc) is 3.22. The number of ether oxygens (including phenoxy) is 2. The molecule has 32 heavy (non-hydrogen) atoms. The van der Waals surface area contributed by atoms with Gasteiger partial charge < -0.3 is 19.5 Å². The lowest BCUT2D eigenvalue weighted by molar-refractivity contribution is 0.0746. The van der Waals surface area contributed by atoms with Crippen molar-refractivity contribution < 1.29 is 19.4 Å². The Hall–Kier alpha value is -2.79. The van der Waals surface area contributed by atoms with Crippen LogP contribution in [0, 0.1) is 0 Å². The molecule has 0 unspecified atom stereocenters. The molecule has 1 heterocycles. The Morgan fingerprint density at radius 1 is 0.969 bits per heavy atom. The summed E-state index contributed by atoms with van der Waals surface area (Å²) in [6.45, 7) is 12.5. The first-order valence-corrected chi connectivity index (χ1v) is 11.6. The summed E-state index contributed by atoms with van der Waals surface area (Å²) >= 11 is 0. The summed E-state index contributed by atoms with van der Waals surface area (Å²) in [6, 6.07) is 9.61. The van der Waals surface area contributed by atoms with Crippen LogP contribution in [-0.4, -0.2) is 29.1 Å². The molecule has 1 aliphatic heterocycles. The van der Waals surface area contributed by atoms with Crippen molar-refractivity contribution in [3.63, 3.8) is 0 Å². The normalized spacial score (nSPS) is 12.6. The number of benzene rings is 2. The lowest BCUT2D eigenvalue weighted by atomic mass is 10.0. The number of aliphatic hydroxyl groups is 1. The van der Waals surface area contributed by atoms with E-state index in [1.54, 1.807) is 0 Å². The molecule has 3 rings (SSSR count). The Balaban J connectivity index is 1.92. The van der Waals surface area contributed by atoms with Crippen molar-refractivity contribution >= 4 is 11.5 Å². The third-order valence-electron chi connectivity index (χ3n) is 5.75. The number of amides is 1. The number of allylic oxidation sites excluding steroid dienone is 1. The monoisotopic (exact) mass is 437 g/mol. The SMILES string of the molecule is C=C(C)c1cc(C(=O)N2Cc3ccc(CO)cc3C2)c(OCCCC)cc1OCCCC. The maximum absolute atomic E-state index is 13.6. The first-order chi connectivity index (χ1) is 15.5. The molecule has 0 atom stereocenters. The summed E-state index contributed by atoms with van der Waals surface area (Å²) in [5.74, 6) is 1.21. The number of hydrogen-bond donors (Lipinski definition) is 1. The number of carbonyl (C=O) groups excluding carboxylic acids is 1. The van der Waals surface area contributed by atoms with Gasteiger partial charge in [0.25, 0.3) is 5.91 Å². The van der Waals surface area contributed by atoms with E-state index < -0.39 is 0 Å². The van der Waals surface area contributed by atoms with Crippen LogP contribution in [0.25, 0.3) is 5.57 Å². The fourth-order valence-electron chi connectivity index (χ4n) is 3.81. The van der Waals surface area contributed by atoms with Gasteiger partial charge in [0.05, 0.1) is 25.4 Å². The van der Waals surface area contributed by atoms with E-state index in [9.17, 15) is 9.90 Å². The maximum Gasteiger partial charge on any atom is 0.258 e. The molecule has 0 aliphatic carbocycles. The van der Waals surface area contributed by atoms with Gasteiger partial charge in [0, 0.05) is 24.7 Å². The van der Waals surface area contributed by atoms with E-state index in [1.165, 1.54) is 0 Å². The number of carbonyl (C=O) groups is 1. The van der Waals surface area contributed by atoms with Crippen LogP contribution >= 0.6 is 0 Å². The summed E-state index contributed by atoms with van der Waals surface area (Å²) in [7, 11) is 0. The smallest absolute Gasteiger partial charge is 0.258 e. The summed E-state index contributed by atoms with van der Waals surface area (Å²) in [4.78, 5) is 15.4. The number of hydrogen-bond acceptors (Lipinski definition) is 4. The second kappa shape index (κ2) is 11.2. The molecular formula is C27H35NO4. The fourth-order valence-corrected chi connectivity index (χ4v) is 3.81. The molecule has 0 fully saturated rings. The molecule has 172 valence electrons. The van der Waals surface area contributed by atoms with Crippen molar-refractivity contribution in [2.24, 2.45) is 0 Å². The quantitative estimate of drug-likeness (QED) is 0.456. The van der Waals surface area contributed by atoms with E-state index >= 15 is 0 Å². The molecule has 0 bridgehead atoms. The summed E-state index contributed by atoms with van der Waals surface area (Å²) in [6.07, 6.45) is 3.94. The third kappa shape index (κ3) is 5.52. The molecule has 0 saturated heterocycles. The van der Waals surface area contributed by atoms with Gasteiger partial charge in [-0.05, 0) is 48.1 Å². The van der Waals surface area contributed by atoms with Gasteiger partial charge in [-0.25, -0.2) is 0 Å². The highest BCUT2D eigenvalue weighted by molar-refractivity contribution is 5.98. The van der Waals surface area contributed by atoms with E-state index in [-0.39, 0.29) is 12.5 Å². The molecule has 0 saturated carbocycles. The van der Waals surface area contributed by atoms with Gasteiger partial charge in [0.15, 0.2) is 0 Å². The number of aliphatic hydroxyl groups excluding tert-OH is 1. The van der Waals surface area contributed by atoms with Crippen molar-refractivity contribution in [1.82, 2.24) is 4.90 Å². The molecule has 2 aromatic rings. The molecule has 1 aliphatic rings. The van der Waals surface area contributed by atoms with Crippen molar-refractivity contribution in [3.8, 4) is 11.5 Å². The van der Waals surface area contributed by atoms with Gasteiger partial charge in [-0.1, -0.05) is 51.5 Å². The third-order valence-corrected chi connectivity index (χ3v) is 5.75. The summed E-state index contributed by atoms with van der Waals surface area (Å²) in [5.41, 5.74) is 5.29. The van der Waals surface area contributed by atoms with Crippen LogP contribution in [0.15, 0.2) is 36.9 Å². The predicted octanol–water partition coefficient (Wildman–Crippen LogP) is 5.73. The molecule has 0 aromatic heterocycles. The van der Waals surface area contributed by atoms with E-state index in [1.807, 2.05) is 42.2 Å². The number of fused-ring (bicyclic) bond motifs is 1. The van der Waals surface area contributed by atoms with Gasteiger partial charge in [-0.2, -0.15) is 0 Å². The zero-order chi connectivity index (χ0) is 23.1. The Morgan fingerprint density at radius 2 is 1.59 bits per heavy atom. The van der Waals surface area contributed by atoms with Gasteiger partial charge in [0.1, 0.15) is 11.5 Å². The molecule has 5 nitrogen and oxygen atoms in total. The largest absolute Gasteiger partial charge is 0.493 e. The maximum atomic E-state index is 13.6. The van der Waals surface area contributed by atoms with E-state index in [0.717, 1.165) is 53.5 Å². The highest BCUT2D eigenvalue weighted by Gasteiger charge is 2.28. The molecule has 2 aromatic carbocycles. The number of rotatable bonds is 11. The second-order valence-electron chi connectivity index (χ2n) is 8.45. The minimum Gasteiger partial charge on any atom is -0.493 e. The van der Waals surface area contributed by atoms with Crippen LogP contribution in [-0.2, 0) is 19.7 Å². The number of nitrogens with zero attached hydrogens (tertiary/aromatic N) is 1. The van der Waals surface area contributed by atoms with E-state index in [2.05, 4.69) is 20.4 Å². The molecule has 0 radical (unpaired) electrons. The second-order valence-corrected chi connectivity index (χ2v) is 8.45. The Labute approximate surface area is 191 Å². The summed E-state index contributed by atoms with van der Waals surface area (Å²) in [5, 5.41) is 9.43. The van der Waals surface area contributed by atoms with Crippen LogP contribution in [0.5, 0.6) is 11.5 Å². The average molecular weight is 438 g/mol. The van der Waals surface area contributed by atoms with Crippen molar-refractivity contribution in [2.45, 2.75) is 66.2 Å². The standard InChI is InChI=1S/C27H35NO4/c1-5-7-11-31-25-15-26(32-12-8-6-2)24(14-23(25)19(3)4)27(30)28-16-21-10-9-20(18-29)13-22(21)17-28/h9-10,13-15,29H,3,5-8,11-12,16-18H2,1-2,4H3. The van der Waals surface area contributed by atoms with Crippen LogP contribution in [0.2, 0.25) is 0 Å². The molecule has 1 N–H and O–H groups in total. The molecule has 5 heteroatoms. The van der Waals surface area contributed by atoms with Crippen molar-refractivity contribution in [1.29, 1.82) is 0 Å². The van der Waals surface area contributed by atoms with Gasteiger partial charge in [-0.15, -0.1) is 0 Å². The van der Waals surface area contributed by atoms with Crippen LogP contribution in [0.4, 0.5) is 0 Å². The first-order valence-electron chi connectivity index (χ1n) is 11.6. The molecular weight excluding hydrogens is 402 g/mol. The van der Waals surface area contributed by atoms with Crippen molar-refractivity contribution in [2.75, 3.05) is 13.2 Å². The molecule has 1 amide bonds. The highest BCUT2D eigenvalue weighted by atomic mass is 16.5. The Morgan fingerprint density at radius 3 is 2.19 bits per heavy atom. The lowest BCUT2D eigenvalue weighted by Crippen LogP contribution is -2.26. The Kier molecular flexibility index (Phi) is 8.34. The van der Waals surface area contributed by atoms with Gasteiger partial charge in [-0.3, -0.25) is 4.79 Å². The summed E-state index contributed by atoms with van der Waals surface area (Å²) < 4.78 is 12.1. The minimum atomic E-state index is -0.0687. The zero-order valence-electron chi connectivity index (χ0n) is 19.6. The first kappa shape index (κ1) is 23.9. The van der Waals surface area contributed by atoms with E-state index in [0.29, 0.717) is 43.4 Å². The van der Waals surface area contributed by atoms with Crippen LogP contribution in [0.3, 0.4) is 0 Å². The van der Waals surface area contributed by atoms with Crippen LogP contribution in [0.1, 0.15) is 79.1 Å². The fraction of sp³-hybridized carbons (Fsp3) is 0.444. The Bertz CT molecular complexity index is 966. The molecule has 0 spiro atoms.